The average Bonchev–Trinajstić information content (AvgIpc) is 3.11. The highest BCUT2D eigenvalue weighted by Gasteiger charge is 2.21. The van der Waals surface area contributed by atoms with Crippen molar-refractivity contribution in [2.45, 2.75) is 19.5 Å². The zero-order valence-electron chi connectivity index (χ0n) is 17.2. The minimum atomic E-state index is -0.0438. The van der Waals surface area contributed by atoms with Gasteiger partial charge in [0.2, 0.25) is 5.91 Å². The number of thiazole rings is 1. The lowest BCUT2D eigenvalue weighted by molar-refractivity contribution is -0.132. The van der Waals surface area contributed by atoms with Crippen LogP contribution in [0.3, 0.4) is 0 Å². The van der Waals surface area contributed by atoms with E-state index in [1.54, 1.807) is 16.2 Å². The number of anilines is 1. The summed E-state index contributed by atoms with van der Waals surface area (Å²) in [5, 5.41) is 0.971. The van der Waals surface area contributed by atoms with Gasteiger partial charge >= 0.3 is 0 Å². The summed E-state index contributed by atoms with van der Waals surface area (Å²) in [5.41, 5.74) is 3.36. The molecular formula is C22H28N4OS. The molecule has 0 saturated carbocycles. The molecule has 1 atom stereocenters. The van der Waals surface area contributed by atoms with Crippen molar-refractivity contribution < 1.29 is 4.79 Å². The van der Waals surface area contributed by atoms with Crippen LogP contribution in [0.4, 0.5) is 5.69 Å². The first-order chi connectivity index (χ1) is 13.3. The van der Waals surface area contributed by atoms with E-state index >= 15 is 0 Å². The topological polar surface area (TPSA) is 39.7 Å². The number of rotatable bonds is 7. The van der Waals surface area contributed by atoms with Crippen molar-refractivity contribution in [2.75, 3.05) is 39.6 Å². The van der Waals surface area contributed by atoms with E-state index in [2.05, 4.69) is 40.1 Å². The van der Waals surface area contributed by atoms with E-state index in [0.717, 1.165) is 21.8 Å². The Labute approximate surface area is 171 Å². The summed E-state index contributed by atoms with van der Waals surface area (Å²) in [6.07, 6.45) is 0. The number of hydrogen-bond donors (Lipinski definition) is 0. The van der Waals surface area contributed by atoms with Crippen LogP contribution in [-0.2, 0) is 11.3 Å². The maximum atomic E-state index is 12.8. The average molecular weight is 397 g/mol. The number of fused-ring (bicyclic) bond motifs is 1. The first-order valence-corrected chi connectivity index (χ1v) is 10.2. The number of amides is 1. The SMILES string of the molecule is C[C@H](c1nc2ccccc2s1)N(C)C(=O)CN(C)Cc1ccc(N(C)C)cc1. The molecule has 3 aromatic rings. The van der Waals surface area contributed by atoms with E-state index in [0.29, 0.717) is 6.54 Å². The molecule has 0 spiro atoms. The minimum absolute atomic E-state index is 0.0438. The maximum absolute atomic E-state index is 12.8. The highest BCUT2D eigenvalue weighted by Crippen LogP contribution is 2.28. The molecule has 148 valence electrons. The highest BCUT2D eigenvalue weighted by molar-refractivity contribution is 7.18. The van der Waals surface area contributed by atoms with E-state index in [-0.39, 0.29) is 11.9 Å². The molecule has 0 aliphatic heterocycles. The van der Waals surface area contributed by atoms with Crippen molar-refractivity contribution in [3.63, 3.8) is 0 Å². The largest absolute Gasteiger partial charge is 0.378 e. The molecule has 0 aliphatic rings. The molecule has 0 N–H and O–H groups in total. The summed E-state index contributed by atoms with van der Waals surface area (Å²) in [6, 6.07) is 16.5. The summed E-state index contributed by atoms with van der Waals surface area (Å²) in [5.74, 6) is 0.0965. The molecule has 0 saturated heterocycles. The Morgan fingerprint density at radius 3 is 2.36 bits per heavy atom. The summed E-state index contributed by atoms with van der Waals surface area (Å²) in [4.78, 5) is 23.4. The Morgan fingerprint density at radius 1 is 1.04 bits per heavy atom. The predicted molar refractivity (Wildman–Crippen MR) is 118 cm³/mol. The zero-order chi connectivity index (χ0) is 20.3. The van der Waals surface area contributed by atoms with Gasteiger partial charge in [0.05, 0.1) is 22.8 Å². The van der Waals surface area contributed by atoms with E-state index in [1.165, 1.54) is 11.3 Å². The second-order valence-electron chi connectivity index (χ2n) is 7.43. The van der Waals surface area contributed by atoms with Crippen LogP contribution in [0, 0.1) is 0 Å². The van der Waals surface area contributed by atoms with Crippen molar-refractivity contribution in [3.05, 3.63) is 59.1 Å². The summed E-state index contributed by atoms with van der Waals surface area (Å²) in [6.45, 7) is 3.15. The summed E-state index contributed by atoms with van der Waals surface area (Å²) in [7, 11) is 7.90. The van der Waals surface area contributed by atoms with Gasteiger partial charge < -0.3 is 9.80 Å². The van der Waals surface area contributed by atoms with Crippen LogP contribution < -0.4 is 4.90 Å². The number of benzene rings is 2. The van der Waals surface area contributed by atoms with Gasteiger partial charge in [0, 0.05) is 33.4 Å². The molecule has 3 rings (SSSR count). The van der Waals surface area contributed by atoms with Crippen molar-refractivity contribution in [1.29, 1.82) is 0 Å². The van der Waals surface area contributed by atoms with Gasteiger partial charge in [-0.2, -0.15) is 0 Å². The predicted octanol–water partition coefficient (Wildman–Crippen LogP) is 4.01. The van der Waals surface area contributed by atoms with Crippen LogP contribution in [0.5, 0.6) is 0 Å². The molecule has 1 amide bonds. The number of para-hydroxylation sites is 1. The lowest BCUT2D eigenvalue weighted by atomic mass is 10.2. The van der Waals surface area contributed by atoms with Gasteiger partial charge in [0.1, 0.15) is 5.01 Å². The fourth-order valence-electron chi connectivity index (χ4n) is 3.06. The second kappa shape index (κ2) is 8.71. The summed E-state index contributed by atoms with van der Waals surface area (Å²) < 4.78 is 1.16. The lowest BCUT2D eigenvalue weighted by Crippen LogP contribution is -2.37. The molecule has 0 bridgehead atoms. The molecule has 0 aliphatic carbocycles. The van der Waals surface area contributed by atoms with Gasteiger partial charge in [0.15, 0.2) is 0 Å². The van der Waals surface area contributed by atoms with E-state index in [1.807, 2.05) is 53.3 Å². The van der Waals surface area contributed by atoms with Crippen LogP contribution in [0.1, 0.15) is 23.5 Å². The molecule has 0 radical (unpaired) electrons. The quantitative estimate of drug-likeness (QED) is 0.605. The Bertz CT molecular complexity index is 902. The monoisotopic (exact) mass is 396 g/mol. The number of carbonyl (C=O) groups is 1. The Hall–Kier alpha value is -2.44. The van der Waals surface area contributed by atoms with Crippen LogP contribution in [0.15, 0.2) is 48.5 Å². The van der Waals surface area contributed by atoms with Gasteiger partial charge in [-0.3, -0.25) is 9.69 Å². The first-order valence-electron chi connectivity index (χ1n) is 9.41. The zero-order valence-corrected chi connectivity index (χ0v) is 18.0. The van der Waals surface area contributed by atoms with Crippen molar-refractivity contribution in [2.24, 2.45) is 0 Å². The number of hydrogen-bond acceptors (Lipinski definition) is 5. The van der Waals surface area contributed by atoms with Crippen molar-refractivity contribution >= 4 is 33.1 Å². The molecule has 28 heavy (non-hydrogen) atoms. The lowest BCUT2D eigenvalue weighted by Gasteiger charge is -2.26. The van der Waals surface area contributed by atoms with Gasteiger partial charge in [0.25, 0.3) is 0 Å². The first kappa shape index (κ1) is 20.3. The third kappa shape index (κ3) is 4.69. The van der Waals surface area contributed by atoms with Crippen molar-refractivity contribution in [3.8, 4) is 0 Å². The molecule has 1 aromatic heterocycles. The molecule has 1 heterocycles. The molecular weight excluding hydrogens is 368 g/mol. The Balaban J connectivity index is 1.59. The summed E-state index contributed by atoms with van der Waals surface area (Å²) >= 11 is 1.65. The fourth-order valence-corrected chi connectivity index (χ4v) is 4.12. The van der Waals surface area contributed by atoms with Gasteiger partial charge in [-0.15, -0.1) is 11.3 Å². The number of aromatic nitrogens is 1. The van der Waals surface area contributed by atoms with E-state index < -0.39 is 0 Å². The number of carbonyl (C=O) groups excluding carboxylic acids is 1. The molecule has 5 nitrogen and oxygen atoms in total. The van der Waals surface area contributed by atoms with Crippen molar-refractivity contribution in [1.82, 2.24) is 14.8 Å². The smallest absolute Gasteiger partial charge is 0.237 e. The van der Waals surface area contributed by atoms with Crippen LogP contribution in [-0.4, -0.2) is 55.4 Å². The number of likely N-dealkylation sites (N-methyl/N-ethyl adjacent to an activating group) is 2. The molecule has 2 aromatic carbocycles. The molecule has 0 fully saturated rings. The second-order valence-corrected chi connectivity index (χ2v) is 8.50. The van der Waals surface area contributed by atoms with Crippen LogP contribution in [0.25, 0.3) is 10.2 Å². The Kier molecular flexibility index (Phi) is 6.31. The maximum Gasteiger partial charge on any atom is 0.237 e. The minimum Gasteiger partial charge on any atom is -0.378 e. The standard InChI is InChI=1S/C22H28N4OS/c1-16(22-23-19-8-6-7-9-20(19)28-22)26(5)21(27)15-25(4)14-17-10-12-18(13-11-17)24(2)3/h6-13,16H,14-15H2,1-5H3/t16-/m1/s1. The molecule has 0 unspecified atom stereocenters. The van der Waals surface area contributed by atoms with E-state index in [4.69, 9.17) is 4.98 Å². The third-order valence-corrected chi connectivity index (χ3v) is 6.16. The van der Waals surface area contributed by atoms with Crippen LogP contribution >= 0.6 is 11.3 Å². The normalized spacial score (nSPS) is 12.4. The number of nitrogens with zero attached hydrogens (tertiary/aromatic N) is 4. The van der Waals surface area contributed by atoms with E-state index in [9.17, 15) is 4.79 Å². The van der Waals surface area contributed by atoms with Gasteiger partial charge in [-0.1, -0.05) is 24.3 Å². The fraction of sp³-hybridized carbons (Fsp3) is 0.364. The highest BCUT2D eigenvalue weighted by atomic mass is 32.1. The molecule has 6 heteroatoms. The van der Waals surface area contributed by atoms with Gasteiger partial charge in [-0.05, 0) is 43.8 Å². The third-order valence-electron chi connectivity index (χ3n) is 4.95. The Morgan fingerprint density at radius 2 is 1.71 bits per heavy atom. The van der Waals surface area contributed by atoms with Gasteiger partial charge in [-0.25, -0.2) is 4.98 Å². The van der Waals surface area contributed by atoms with Crippen LogP contribution in [0.2, 0.25) is 0 Å².